The zero-order valence-electron chi connectivity index (χ0n) is 13.1. The van der Waals surface area contributed by atoms with Crippen molar-refractivity contribution >= 4 is 23.4 Å². The van der Waals surface area contributed by atoms with Gasteiger partial charge in [0.1, 0.15) is 0 Å². The molecule has 0 bridgehead atoms. The summed E-state index contributed by atoms with van der Waals surface area (Å²) < 4.78 is 0. The molecule has 0 heterocycles. The van der Waals surface area contributed by atoms with E-state index in [-0.39, 0.29) is 0 Å². The van der Waals surface area contributed by atoms with Crippen LogP contribution in [0.2, 0.25) is 0 Å². The highest BCUT2D eigenvalue weighted by atomic mass is 35.5. The minimum atomic E-state index is 0.626. The quantitative estimate of drug-likeness (QED) is 0.699. The SMILES string of the molecule is C/C=C/c1cccc(/C(=C\CNCl)c2cccc(CC)c2)c1. The molecule has 0 radical (unpaired) electrons. The molecule has 114 valence electrons. The number of hydrogen-bond acceptors (Lipinski definition) is 1. The van der Waals surface area contributed by atoms with E-state index in [4.69, 9.17) is 11.8 Å². The molecular weight excluding hydrogens is 290 g/mol. The fourth-order valence-corrected chi connectivity index (χ4v) is 2.58. The van der Waals surface area contributed by atoms with Gasteiger partial charge in [0, 0.05) is 6.54 Å². The number of aryl methyl sites for hydroxylation is 1. The van der Waals surface area contributed by atoms with E-state index in [1.54, 1.807) is 0 Å². The van der Waals surface area contributed by atoms with E-state index in [1.807, 2.05) is 6.92 Å². The highest BCUT2D eigenvalue weighted by Gasteiger charge is 2.06. The Kier molecular flexibility index (Phi) is 6.45. The summed E-state index contributed by atoms with van der Waals surface area (Å²) in [4.78, 5) is 2.69. The van der Waals surface area contributed by atoms with Crippen molar-refractivity contribution < 1.29 is 0 Å². The summed E-state index contributed by atoms with van der Waals surface area (Å²) in [5, 5.41) is 0. The third-order valence-electron chi connectivity index (χ3n) is 3.59. The lowest BCUT2D eigenvalue weighted by Crippen LogP contribution is -1.99. The van der Waals surface area contributed by atoms with Crippen LogP contribution in [0.4, 0.5) is 0 Å². The van der Waals surface area contributed by atoms with Crippen LogP contribution in [0.3, 0.4) is 0 Å². The predicted octanol–water partition coefficient (Wildman–Crippen LogP) is 5.46. The second-order valence-electron chi connectivity index (χ2n) is 5.13. The lowest BCUT2D eigenvalue weighted by atomic mass is 9.94. The van der Waals surface area contributed by atoms with Crippen LogP contribution in [-0.4, -0.2) is 6.54 Å². The number of halogens is 1. The Morgan fingerprint density at radius 3 is 2.50 bits per heavy atom. The lowest BCUT2D eigenvalue weighted by Gasteiger charge is -2.11. The zero-order valence-corrected chi connectivity index (χ0v) is 13.9. The predicted molar refractivity (Wildman–Crippen MR) is 97.9 cm³/mol. The second kappa shape index (κ2) is 8.57. The third kappa shape index (κ3) is 4.33. The van der Waals surface area contributed by atoms with E-state index in [0.717, 1.165) is 6.42 Å². The van der Waals surface area contributed by atoms with Gasteiger partial charge in [-0.1, -0.05) is 67.6 Å². The molecule has 22 heavy (non-hydrogen) atoms. The summed E-state index contributed by atoms with van der Waals surface area (Å²) in [6.45, 7) is 4.84. The van der Waals surface area contributed by atoms with Gasteiger partial charge >= 0.3 is 0 Å². The first-order valence-electron chi connectivity index (χ1n) is 7.64. The number of nitrogens with one attached hydrogen (secondary N) is 1. The Labute approximate surface area is 138 Å². The topological polar surface area (TPSA) is 12.0 Å². The smallest absolute Gasteiger partial charge is 0.0298 e. The molecule has 0 fully saturated rings. The van der Waals surface area contributed by atoms with Crippen LogP contribution < -0.4 is 4.84 Å². The van der Waals surface area contributed by atoms with Gasteiger partial charge in [0.25, 0.3) is 0 Å². The molecular formula is C20H22ClN. The van der Waals surface area contributed by atoms with E-state index >= 15 is 0 Å². The summed E-state index contributed by atoms with van der Waals surface area (Å²) in [5.74, 6) is 0. The van der Waals surface area contributed by atoms with Crippen molar-refractivity contribution in [2.24, 2.45) is 0 Å². The Morgan fingerprint density at radius 2 is 1.82 bits per heavy atom. The first-order valence-corrected chi connectivity index (χ1v) is 8.02. The maximum Gasteiger partial charge on any atom is 0.0298 e. The fraction of sp³-hybridized carbons (Fsp3) is 0.200. The van der Waals surface area contributed by atoms with Gasteiger partial charge in [-0.15, -0.1) is 0 Å². The average molecular weight is 312 g/mol. The van der Waals surface area contributed by atoms with E-state index < -0.39 is 0 Å². The van der Waals surface area contributed by atoms with Crippen LogP contribution in [0.25, 0.3) is 11.6 Å². The minimum Gasteiger partial charge on any atom is -0.230 e. The van der Waals surface area contributed by atoms with E-state index in [9.17, 15) is 0 Å². The number of benzene rings is 2. The van der Waals surface area contributed by atoms with Gasteiger partial charge in [0.05, 0.1) is 0 Å². The monoisotopic (exact) mass is 311 g/mol. The van der Waals surface area contributed by atoms with Crippen molar-refractivity contribution in [3.05, 3.63) is 82.9 Å². The first kappa shape index (κ1) is 16.5. The first-order chi connectivity index (χ1) is 10.8. The molecule has 2 aromatic carbocycles. The van der Waals surface area contributed by atoms with Crippen LogP contribution in [0.15, 0.2) is 60.7 Å². The lowest BCUT2D eigenvalue weighted by molar-refractivity contribution is 1.11. The molecule has 0 spiro atoms. The average Bonchev–Trinajstić information content (AvgIpc) is 2.56. The van der Waals surface area contributed by atoms with Crippen molar-refractivity contribution in [1.82, 2.24) is 4.84 Å². The van der Waals surface area contributed by atoms with Crippen molar-refractivity contribution in [2.45, 2.75) is 20.3 Å². The molecule has 0 aliphatic rings. The van der Waals surface area contributed by atoms with Gasteiger partial charge < -0.3 is 0 Å². The van der Waals surface area contributed by atoms with Crippen LogP contribution >= 0.6 is 11.8 Å². The van der Waals surface area contributed by atoms with Gasteiger partial charge in [-0.05, 0) is 59.0 Å². The number of hydrogen-bond donors (Lipinski definition) is 1. The summed E-state index contributed by atoms with van der Waals surface area (Å²) in [7, 11) is 0. The standard InChI is InChI=1S/C20H22ClN/c1-3-7-17-9-6-11-19(15-17)20(12-13-22-21)18-10-5-8-16(4-2)14-18/h3,5-12,14-15,22H,4,13H2,1-2H3/b7-3+,20-12-. The Morgan fingerprint density at radius 1 is 1.09 bits per heavy atom. The summed E-state index contributed by atoms with van der Waals surface area (Å²) >= 11 is 5.65. The Balaban J connectivity index is 2.48. The maximum absolute atomic E-state index is 5.65. The normalized spacial score (nSPS) is 12.0. The highest BCUT2D eigenvalue weighted by Crippen LogP contribution is 2.25. The van der Waals surface area contributed by atoms with Gasteiger partial charge in [-0.3, -0.25) is 0 Å². The second-order valence-corrected chi connectivity index (χ2v) is 5.40. The molecule has 0 aromatic heterocycles. The van der Waals surface area contributed by atoms with Crippen LogP contribution in [0.5, 0.6) is 0 Å². The van der Waals surface area contributed by atoms with E-state index in [1.165, 1.54) is 27.8 Å². The van der Waals surface area contributed by atoms with Crippen molar-refractivity contribution in [3.63, 3.8) is 0 Å². The van der Waals surface area contributed by atoms with E-state index in [0.29, 0.717) is 6.54 Å². The molecule has 2 aromatic rings. The molecule has 0 atom stereocenters. The summed E-state index contributed by atoms with van der Waals surface area (Å²) in [6, 6.07) is 17.2. The van der Waals surface area contributed by atoms with Crippen LogP contribution in [0.1, 0.15) is 36.1 Å². The van der Waals surface area contributed by atoms with Crippen molar-refractivity contribution in [2.75, 3.05) is 6.54 Å². The van der Waals surface area contributed by atoms with Gasteiger partial charge in [-0.25, -0.2) is 4.84 Å². The molecule has 1 N–H and O–H groups in total. The molecule has 2 rings (SSSR count). The number of rotatable bonds is 6. The van der Waals surface area contributed by atoms with Crippen molar-refractivity contribution in [1.29, 1.82) is 0 Å². The van der Waals surface area contributed by atoms with E-state index in [2.05, 4.69) is 78.5 Å². The molecule has 0 aliphatic carbocycles. The molecule has 0 unspecified atom stereocenters. The van der Waals surface area contributed by atoms with Crippen LogP contribution in [-0.2, 0) is 6.42 Å². The Hall–Kier alpha value is -1.83. The molecule has 2 heteroatoms. The van der Waals surface area contributed by atoms with Crippen molar-refractivity contribution in [3.8, 4) is 0 Å². The van der Waals surface area contributed by atoms with Gasteiger partial charge in [0.2, 0.25) is 0 Å². The molecule has 0 saturated carbocycles. The van der Waals surface area contributed by atoms with Gasteiger partial charge in [-0.2, -0.15) is 0 Å². The largest absolute Gasteiger partial charge is 0.230 e. The highest BCUT2D eigenvalue weighted by molar-refractivity contribution is 6.13. The maximum atomic E-state index is 5.65. The third-order valence-corrected chi connectivity index (χ3v) is 3.74. The summed E-state index contributed by atoms with van der Waals surface area (Å²) in [6.07, 6.45) is 7.34. The molecule has 0 aliphatic heterocycles. The minimum absolute atomic E-state index is 0.626. The molecule has 0 saturated heterocycles. The zero-order chi connectivity index (χ0) is 15.8. The Bertz CT molecular complexity index is 671. The fourth-order valence-electron chi connectivity index (χ4n) is 2.50. The van der Waals surface area contributed by atoms with Crippen LogP contribution in [0, 0.1) is 0 Å². The van der Waals surface area contributed by atoms with Gasteiger partial charge in [0.15, 0.2) is 0 Å². The number of allylic oxidation sites excluding steroid dienone is 1. The summed E-state index contributed by atoms with van der Waals surface area (Å²) in [5.41, 5.74) is 6.18. The molecule has 0 amide bonds. The molecule has 1 nitrogen and oxygen atoms in total.